The molecule has 4 rings (SSSR count). The molecule has 3 aromatic rings. The summed E-state index contributed by atoms with van der Waals surface area (Å²) in [6.45, 7) is 2.52. The number of benzene rings is 2. The molecule has 1 unspecified atom stereocenters. The normalized spacial score (nSPS) is 17.1. The summed E-state index contributed by atoms with van der Waals surface area (Å²) in [5, 5.41) is 14.8. The number of hydrogen-bond acceptors (Lipinski definition) is 5. The highest BCUT2D eigenvalue weighted by atomic mass is 35.5. The first-order chi connectivity index (χ1) is 15.7. The summed E-state index contributed by atoms with van der Waals surface area (Å²) in [6, 6.07) is 16.1. The lowest BCUT2D eigenvalue weighted by molar-refractivity contribution is 0.199. The van der Waals surface area contributed by atoms with Gasteiger partial charge in [-0.15, -0.1) is 0 Å². The van der Waals surface area contributed by atoms with E-state index >= 15 is 0 Å². The molecule has 1 aliphatic rings. The van der Waals surface area contributed by atoms with Crippen molar-refractivity contribution in [3.8, 4) is 5.75 Å². The fourth-order valence-corrected chi connectivity index (χ4v) is 5.79. The smallest absolute Gasteiger partial charge is 0.413 e. The standard InChI is InChI=1S/C23H24ClN3O5S/c1-16-11-22(27(23(28)29)20-9-10-33(30,31)15-20)25-26(16)13-18-12-19(24)7-8-21(18)32-14-17-5-3-2-4-6-17/h2-8,11-12,20H,9-10,13-15H2,1H3,(H,28,29). The second-order valence-corrected chi connectivity index (χ2v) is 10.7. The van der Waals surface area contributed by atoms with Crippen LogP contribution in [0.2, 0.25) is 5.02 Å². The van der Waals surface area contributed by atoms with Gasteiger partial charge in [-0.1, -0.05) is 41.9 Å². The van der Waals surface area contributed by atoms with Crippen LogP contribution in [0.25, 0.3) is 0 Å². The van der Waals surface area contributed by atoms with Crippen molar-refractivity contribution in [1.29, 1.82) is 0 Å². The third-order valence-corrected chi connectivity index (χ3v) is 7.56. The van der Waals surface area contributed by atoms with Gasteiger partial charge in [0.2, 0.25) is 0 Å². The second kappa shape index (κ2) is 9.44. The zero-order valence-electron chi connectivity index (χ0n) is 18.0. The maximum absolute atomic E-state index is 11.9. The van der Waals surface area contributed by atoms with Gasteiger partial charge in [0, 0.05) is 22.3 Å². The molecule has 1 amide bonds. The molecule has 174 valence electrons. The number of carboxylic acid groups (broad SMARTS) is 1. The first-order valence-electron chi connectivity index (χ1n) is 10.4. The van der Waals surface area contributed by atoms with Crippen LogP contribution in [0.5, 0.6) is 5.75 Å². The fourth-order valence-electron chi connectivity index (χ4n) is 3.90. The van der Waals surface area contributed by atoms with Crippen LogP contribution < -0.4 is 9.64 Å². The van der Waals surface area contributed by atoms with Gasteiger partial charge in [-0.05, 0) is 37.1 Å². The van der Waals surface area contributed by atoms with Crippen LogP contribution in [0.1, 0.15) is 23.2 Å². The molecule has 0 saturated carbocycles. The number of sulfone groups is 1. The van der Waals surface area contributed by atoms with Crippen LogP contribution in [0.4, 0.5) is 10.6 Å². The van der Waals surface area contributed by atoms with Gasteiger partial charge in [-0.25, -0.2) is 13.2 Å². The molecule has 10 heteroatoms. The van der Waals surface area contributed by atoms with Crippen molar-refractivity contribution in [2.24, 2.45) is 0 Å². The number of aromatic nitrogens is 2. The van der Waals surface area contributed by atoms with Crippen LogP contribution in [-0.4, -0.2) is 46.9 Å². The van der Waals surface area contributed by atoms with Gasteiger partial charge in [0.25, 0.3) is 0 Å². The van der Waals surface area contributed by atoms with Crippen LogP contribution in [-0.2, 0) is 23.0 Å². The average Bonchev–Trinajstić information content (AvgIpc) is 3.29. The zero-order chi connectivity index (χ0) is 23.6. The molecule has 1 atom stereocenters. The van der Waals surface area contributed by atoms with Crippen molar-refractivity contribution in [3.05, 3.63) is 76.4 Å². The van der Waals surface area contributed by atoms with E-state index in [1.165, 1.54) is 0 Å². The molecule has 2 aromatic carbocycles. The molecule has 0 spiro atoms. The summed E-state index contributed by atoms with van der Waals surface area (Å²) in [6.07, 6.45) is -0.969. The molecular formula is C23H24ClN3O5S. The minimum Gasteiger partial charge on any atom is -0.489 e. The molecule has 1 aliphatic heterocycles. The third-order valence-electron chi connectivity index (χ3n) is 5.57. The first kappa shape index (κ1) is 23.1. The summed E-state index contributed by atoms with van der Waals surface area (Å²) in [5.74, 6) is 0.635. The highest BCUT2D eigenvalue weighted by molar-refractivity contribution is 7.91. The van der Waals surface area contributed by atoms with Crippen LogP contribution in [0, 0.1) is 6.92 Å². The number of rotatable bonds is 7. The third kappa shape index (κ3) is 5.48. The minimum atomic E-state index is -3.24. The van der Waals surface area contributed by atoms with E-state index in [2.05, 4.69) is 5.10 Å². The Morgan fingerprint density at radius 3 is 2.67 bits per heavy atom. The Hall–Kier alpha value is -3.04. The van der Waals surface area contributed by atoms with Gasteiger partial charge in [-0.2, -0.15) is 5.10 Å². The number of carbonyl (C=O) groups is 1. The molecule has 8 nitrogen and oxygen atoms in total. The SMILES string of the molecule is Cc1cc(N(C(=O)O)C2CCS(=O)(=O)C2)nn1Cc1cc(Cl)ccc1OCc1ccccc1. The van der Waals surface area contributed by atoms with E-state index in [0.29, 0.717) is 23.9 Å². The molecule has 1 saturated heterocycles. The highest BCUT2D eigenvalue weighted by Crippen LogP contribution is 2.28. The Morgan fingerprint density at radius 2 is 2.00 bits per heavy atom. The predicted molar refractivity (Wildman–Crippen MR) is 126 cm³/mol. The Balaban J connectivity index is 1.57. The van der Waals surface area contributed by atoms with E-state index in [1.807, 2.05) is 37.3 Å². The van der Waals surface area contributed by atoms with Gasteiger partial charge >= 0.3 is 6.09 Å². The lowest BCUT2D eigenvalue weighted by Crippen LogP contribution is -2.40. The Kier molecular flexibility index (Phi) is 6.62. The Morgan fingerprint density at radius 1 is 1.24 bits per heavy atom. The number of nitrogens with zero attached hydrogens (tertiary/aromatic N) is 3. The molecule has 1 fully saturated rings. The Labute approximate surface area is 197 Å². The maximum Gasteiger partial charge on any atom is 0.413 e. The van der Waals surface area contributed by atoms with Crippen molar-refractivity contribution >= 4 is 33.3 Å². The van der Waals surface area contributed by atoms with E-state index < -0.39 is 22.0 Å². The molecule has 0 aliphatic carbocycles. The van der Waals surface area contributed by atoms with Crippen molar-refractivity contribution in [3.63, 3.8) is 0 Å². The van der Waals surface area contributed by atoms with E-state index in [1.54, 1.807) is 28.9 Å². The summed E-state index contributed by atoms with van der Waals surface area (Å²) in [5.41, 5.74) is 2.55. The van der Waals surface area contributed by atoms with Crippen LogP contribution in [0.3, 0.4) is 0 Å². The lowest BCUT2D eigenvalue weighted by Gasteiger charge is -2.22. The second-order valence-electron chi connectivity index (χ2n) is 8.04. The maximum atomic E-state index is 11.9. The number of aryl methyl sites for hydroxylation is 1. The topological polar surface area (TPSA) is 102 Å². The summed E-state index contributed by atoms with van der Waals surface area (Å²) >= 11 is 6.22. The quantitative estimate of drug-likeness (QED) is 0.535. The average molecular weight is 490 g/mol. The summed E-state index contributed by atoms with van der Waals surface area (Å²) in [4.78, 5) is 13.0. The summed E-state index contributed by atoms with van der Waals surface area (Å²) < 4.78 is 31.4. The van der Waals surface area contributed by atoms with Gasteiger partial charge in [0.1, 0.15) is 12.4 Å². The lowest BCUT2D eigenvalue weighted by atomic mass is 10.2. The van der Waals surface area contributed by atoms with E-state index in [0.717, 1.165) is 21.7 Å². The van der Waals surface area contributed by atoms with Crippen LogP contribution in [0.15, 0.2) is 54.6 Å². The van der Waals surface area contributed by atoms with Crippen molar-refractivity contribution in [2.75, 3.05) is 16.4 Å². The highest BCUT2D eigenvalue weighted by Gasteiger charge is 2.36. The zero-order valence-corrected chi connectivity index (χ0v) is 19.6. The fraction of sp³-hybridized carbons (Fsp3) is 0.304. The number of halogens is 1. The van der Waals surface area contributed by atoms with Gasteiger partial charge < -0.3 is 9.84 Å². The molecule has 1 N–H and O–H groups in total. The first-order valence-corrected chi connectivity index (χ1v) is 12.6. The molecule has 0 radical (unpaired) electrons. The van der Waals surface area contributed by atoms with Gasteiger partial charge in [0.05, 0.1) is 24.1 Å². The van der Waals surface area contributed by atoms with E-state index in [4.69, 9.17) is 16.3 Å². The van der Waals surface area contributed by atoms with Crippen LogP contribution >= 0.6 is 11.6 Å². The predicted octanol–water partition coefficient (Wildman–Crippen LogP) is 4.14. The summed E-state index contributed by atoms with van der Waals surface area (Å²) in [7, 11) is -3.24. The molecule has 33 heavy (non-hydrogen) atoms. The number of hydrogen-bond donors (Lipinski definition) is 1. The van der Waals surface area contributed by atoms with E-state index in [-0.39, 0.29) is 23.7 Å². The van der Waals surface area contributed by atoms with Gasteiger partial charge in [0.15, 0.2) is 15.7 Å². The monoisotopic (exact) mass is 489 g/mol. The van der Waals surface area contributed by atoms with Crippen molar-refractivity contribution in [1.82, 2.24) is 9.78 Å². The largest absolute Gasteiger partial charge is 0.489 e. The van der Waals surface area contributed by atoms with E-state index in [9.17, 15) is 18.3 Å². The van der Waals surface area contributed by atoms with Crippen molar-refractivity contribution in [2.45, 2.75) is 32.5 Å². The number of amides is 1. The molecule has 0 bridgehead atoms. The minimum absolute atomic E-state index is 0.0221. The Bertz CT molecular complexity index is 1260. The molecule has 1 aromatic heterocycles. The molecular weight excluding hydrogens is 466 g/mol. The number of anilines is 1. The number of ether oxygens (including phenoxy) is 1. The molecule has 2 heterocycles. The van der Waals surface area contributed by atoms with Crippen molar-refractivity contribution < 1.29 is 23.1 Å². The van der Waals surface area contributed by atoms with Gasteiger partial charge in [-0.3, -0.25) is 9.58 Å².